The van der Waals surface area contributed by atoms with E-state index in [1.54, 1.807) is 0 Å². The number of hydrogen-bond acceptors (Lipinski definition) is 4. The first kappa shape index (κ1) is 8.66. The van der Waals surface area contributed by atoms with Crippen molar-refractivity contribution in [1.29, 1.82) is 0 Å². The van der Waals surface area contributed by atoms with E-state index in [1.807, 2.05) is 0 Å². The van der Waals surface area contributed by atoms with E-state index in [0.717, 1.165) is 0 Å². The monoisotopic (exact) mass is 187 g/mol. The van der Waals surface area contributed by atoms with Gasteiger partial charge < -0.3 is 10.2 Å². The van der Waals surface area contributed by atoms with Crippen molar-refractivity contribution >= 4 is 23.3 Å². The van der Waals surface area contributed by atoms with Crippen LogP contribution in [0.5, 0.6) is 0 Å². The minimum Gasteiger partial charge on any atom is -0.477 e. The van der Waals surface area contributed by atoms with Crippen molar-refractivity contribution in [3.05, 3.63) is 15.6 Å². The summed E-state index contributed by atoms with van der Waals surface area (Å²) >= 11 is 0.666. The van der Waals surface area contributed by atoms with E-state index < -0.39 is 11.9 Å². The maximum atomic E-state index is 10.4. The molecular weight excluding hydrogens is 182 g/mol. The number of aromatic nitrogens is 1. The van der Waals surface area contributed by atoms with E-state index in [1.165, 1.54) is 6.92 Å². The van der Waals surface area contributed by atoms with E-state index >= 15 is 0 Å². The van der Waals surface area contributed by atoms with Gasteiger partial charge in [0, 0.05) is 0 Å². The Kier molecular flexibility index (Phi) is 2.09. The molecule has 0 fully saturated rings. The lowest BCUT2D eigenvalue weighted by atomic mass is 10.4. The summed E-state index contributed by atoms with van der Waals surface area (Å²) in [7, 11) is 0. The fourth-order valence-corrected chi connectivity index (χ4v) is 1.43. The van der Waals surface area contributed by atoms with E-state index in [0.29, 0.717) is 11.3 Å². The molecule has 0 aliphatic heterocycles. The van der Waals surface area contributed by atoms with Crippen LogP contribution in [0.15, 0.2) is 0 Å². The van der Waals surface area contributed by atoms with Crippen molar-refractivity contribution in [3.63, 3.8) is 0 Å². The lowest BCUT2D eigenvalue weighted by molar-refractivity contribution is 0.0688. The first-order valence-corrected chi connectivity index (χ1v) is 3.78. The molecule has 0 aliphatic rings. The van der Waals surface area contributed by atoms with Gasteiger partial charge in [0.15, 0.2) is 0 Å². The molecule has 0 bridgehead atoms. The van der Waals surface area contributed by atoms with Gasteiger partial charge in [0.05, 0.1) is 5.69 Å². The second-order valence-corrected chi connectivity index (χ2v) is 3.04. The largest absolute Gasteiger partial charge is 0.477 e. The highest BCUT2D eigenvalue weighted by molar-refractivity contribution is 7.15. The summed E-state index contributed by atoms with van der Waals surface area (Å²) in [5, 5.41) is 16.8. The van der Waals surface area contributed by atoms with Gasteiger partial charge in [0.2, 0.25) is 5.01 Å². The third kappa shape index (κ3) is 1.42. The lowest BCUT2D eigenvalue weighted by Crippen LogP contribution is -1.94. The van der Waals surface area contributed by atoms with Crippen molar-refractivity contribution in [2.24, 2.45) is 0 Å². The maximum Gasteiger partial charge on any atom is 0.365 e. The standard InChI is InChI=1S/C6H5NO4S/c1-2-3(5(8)9)12-4(7-2)6(10)11/h1H3,(H,8,9)(H,10,11). The van der Waals surface area contributed by atoms with Crippen LogP contribution in [0.1, 0.15) is 25.2 Å². The molecule has 0 atom stereocenters. The summed E-state index contributed by atoms with van der Waals surface area (Å²) in [4.78, 5) is 24.3. The van der Waals surface area contributed by atoms with Gasteiger partial charge in [0.1, 0.15) is 4.88 Å². The quantitative estimate of drug-likeness (QED) is 0.716. The average molecular weight is 187 g/mol. The Balaban J connectivity index is 3.17. The highest BCUT2D eigenvalue weighted by Gasteiger charge is 2.17. The fraction of sp³-hybridized carbons (Fsp3) is 0.167. The van der Waals surface area contributed by atoms with Crippen molar-refractivity contribution < 1.29 is 19.8 Å². The third-order valence-electron chi connectivity index (χ3n) is 1.17. The number of hydrogen-bond donors (Lipinski definition) is 2. The number of carbonyl (C=O) groups is 2. The zero-order valence-corrected chi connectivity index (χ0v) is 6.88. The molecular formula is C6H5NO4S. The van der Waals surface area contributed by atoms with Gasteiger partial charge in [-0.25, -0.2) is 14.6 Å². The Morgan fingerprint density at radius 1 is 1.33 bits per heavy atom. The fourth-order valence-electron chi connectivity index (χ4n) is 0.686. The smallest absolute Gasteiger partial charge is 0.365 e. The molecule has 0 radical (unpaired) electrons. The van der Waals surface area contributed by atoms with Crippen LogP contribution in [0.3, 0.4) is 0 Å². The van der Waals surface area contributed by atoms with E-state index in [4.69, 9.17) is 10.2 Å². The number of carboxylic acids is 2. The van der Waals surface area contributed by atoms with Gasteiger partial charge in [-0.2, -0.15) is 0 Å². The average Bonchev–Trinajstić information content (AvgIpc) is 2.30. The number of aromatic carboxylic acids is 2. The summed E-state index contributed by atoms with van der Waals surface area (Å²) in [6, 6.07) is 0. The number of thiazole rings is 1. The normalized spacial score (nSPS) is 9.75. The Hall–Kier alpha value is -1.43. The first-order valence-electron chi connectivity index (χ1n) is 2.96. The van der Waals surface area contributed by atoms with Crippen LogP contribution in [-0.4, -0.2) is 27.1 Å². The Labute approximate surface area is 71.3 Å². The van der Waals surface area contributed by atoms with Crippen molar-refractivity contribution in [2.45, 2.75) is 6.92 Å². The number of nitrogens with zero attached hydrogens (tertiary/aromatic N) is 1. The molecule has 5 nitrogen and oxygen atoms in total. The molecule has 0 aromatic carbocycles. The predicted molar refractivity (Wildman–Crippen MR) is 40.8 cm³/mol. The summed E-state index contributed by atoms with van der Waals surface area (Å²) in [5.74, 6) is -2.34. The summed E-state index contributed by atoms with van der Waals surface area (Å²) in [6.45, 7) is 1.46. The van der Waals surface area contributed by atoms with Gasteiger partial charge in [-0.3, -0.25) is 0 Å². The lowest BCUT2D eigenvalue weighted by Gasteiger charge is -1.84. The first-order chi connectivity index (χ1) is 5.52. The molecule has 1 aromatic rings. The molecule has 1 rings (SSSR count). The van der Waals surface area contributed by atoms with Gasteiger partial charge in [-0.15, -0.1) is 0 Å². The van der Waals surface area contributed by atoms with Crippen LogP contribution in [0, 0.1) is 6.92 Å². The van der Waals surface area contributed by atoms with Gasteiger partial charge in [-0.1, -0.05) is 11.3 Å². The molecule has 1 aromatic heterocycles. The highest BCUT2D eigenvalue weighted by atomic mass is 32.1. The minimum atomic E-state index is -1.20. The van der Waals surface area contributed by atoms with E-state index in [-0.39, 0.29) is 15.6 Å². The van der Waals surface area contributed by atoms with Crippen LogP contribution in [0.4, 0.5) is 0 Å². The molecule has 64 valence electrons. The molecule has 0 amide bonds. The maximum absolute atomic E-state index is 10.4. The van der Waals surface area contributed by atoms with Crippen LogP contribution < -0.4 is 0 Å². The second-order valence-electron chi connectivity index (χ2n) is 2.04. The minimum absolute atomic E-state index is 0.0209. The Bertz CT molecular complexity index is 343. The second kappa shape index (κ2) is 2.90. The highest BCUT2D eigenvalue weighted by Crippen LogP contribution is 2.17. The summed E-state index contributed by atoms with van der Waals surface area (Å²) < 4.78 is 0. The predicted octanol–water partition coefficient (Wildman–Crippen LogP) is 0.848. The van der Waals surface area contributed by atoms with Gasteiger partial charge in [0.25, 0.3) is 0 Å². The zero-order chi connectivity index (χ0) is 9.30. The number of rotatable bonds is 2. The molecule has 2 N–H and O–H groups in total. The van der Waals surface area contributed by atoms with Gasteiger partial charge in [-0.05, 0) is 6.92 Å². The zero-order valence-electron chi connectivity index (χ0n) is 6.07. The van der Waals surface area contributed by atoms with E-state index in [9.17, 15) is 9.59 Å². The number of aryl methyl sites for hydroxylation is 1. The third-order valence-corrected chi connectivity index (χ3v) is 2.31. The van der Waals surface area contributed by atoms with E-state index in [2.05, 4.69) is 4.98 Å². The van der Waals surface area contributed by atoms with Crippen LogP contribution in [0.2, 0.25) is 0 Å². The summed E-state index contributed by atoms with van der Waals surface area (Å²) in [6.07, 6.45) is 0. The number of carboxylic acid groups (broad SMARTS) is 2. The van der Waals surface area contributed by atoms with Crippen LogP contribution in [-0.2, 0) is 0 Å². The molecule has 0 unspecified atom stereocenters. The van der Waals surface area contributed by atoms with Crippen molar-refractivity contribution in [3.8, 4) is 0 Å². The molecule has 1 heterocycles. The molecule has 0 saturated heterocycles. The molecule has 6 heteroatoms. The molecule has 0 aliphatic carbocycles. The Morgan fingerprint density at radius 3 is 2.17 bits per heavy atom. The summed E-state index contributed by atoms with van der Waals surface area (Å²) in [5.41, 5.74) is 0.241. The van der Waals surface area contributed by atoms with Crippen LogP contribution >= 0.6 is 11.3 Å². The Morgan fingerprint density at radius 2 is 1.92 bits per heavy atom. The molecule has 12 heavy (non-hydrogen) atoms. The van der Waals surface area contributed by atoms with Gasteiger partial charge >= 0.3 is 11.9 Å². The van der Waals surface area contributed by atoms with Crippen LogP contribution in [0.25, 0.3) is 0 Å². The van der Waals surface area contributed by atoms with Crippen molar-refractivity contribution in [1.82, 2.24) is 4.98 Å². The molecule has 0 spiro atoms. The van der Waals surface area contributed by atoms with Crippen molar-refractivity contribution in [2.75, 3.05) is 0 Å². The molecule has 0 saturated carbocycles. The topological polar surface area (TPSA) is 87.5 Å². The SMILES string of the molecule is Cc1nc(C(=O)O)sc1C(=O)O.